The standard InChI is InChI=1S/C25H30N4O5S.Na.H/c1-19(2)29(15-9-10-16-34-18-23(30)28-35(31,32)33)22-17-26-24(20-11-5-3-6-12-20)25(27-22)21-13-7-4-8-14-21;;/h3-8,11-14,17,19H,9-10,15-16,18H2,1-2H3,(H,28,30)(H,31,32,33);;. The molecule has 0 aliphatic rings. The second-order valence-corrected chi connectivity index (χ2v) is 9.36. The molecule has 0 saturated carbocycles. The molecular weight excluding hydrogens is 491 g/mol. The molecule has 0 aliphatic heterocycles. The van der Waals surface area contributed by atoms with Gasteiger partial charge in [0.2, 0.25) is 0 Å². The zero-order valence-electron chi connectivity index (χ0n) is 19.8. The van der Waals surface area contributed by atoms with Crippen molar-refractivity contribution in [3.05, 3.63) is 66.9 Å². The van der Waals surface area contributed by atoms with E-state index in [2.05, 4.69) is 18.7 Å². The van der Waals surface area contributed by atoms with Crippen molar-refractivity contribution in [2.75, 3.05) is 24.7 Å². The number of unbranched alkanes of at least 4 members (excludes halogenated alkanes) is 1. The Morgan fingerprint density at radius 2 is 1.58 bits per heavy atom. The molecule has 3 rings (SSSR count). The van der Waals surface area contributed by atoms with Gasteiger partial charge in [0.1, 0.15) is 12.4 Å². The van der Waals surface area contributed by atoms with Crippen molar-refractivity contribution >= 4 is 51.6 Å². The monoisotopic (exact) mass is 522 g/mol. The number of hydrogen-bond donors (Lipinski definition) is 2. The van der Waals surface area contributed by atoms with Gasteiger partial charge in [-0.3, -0.25) is 14.3 Å². The van der Waals surface area contributed by atoms with Crippen LogP contribution in [-0.4, -0.2) is 84.2 Å². The summed E-state index contributed by atoms with van der Waals surface area (Å²) in [5.74, 6) is -0.148. The average Bonchev–Trinajstić information content (AvgIpc) is 2.83. The first-order valence-electron chi connectivity index (χ1n) is 11.3. The van der Waals surface area contributed by atoms with E-state index in [9.17, 15) is 13.2 Å². The first kappa shape index (κ1) is 29.9. The molecule has 1 aromatic heterocycles. The quantitative estimate of drug-likeness (QED) is 0.211. The molecule has 2 aromatic carbocycles. The van der Waals surface area contributed by atoms with Crippen molar-refractivity contribution in [1.29, 1.82) is 0 Å². The normalized spacial score (nSPS) is 11.1. The summed E-state index contributed by atoms with van der Waals surface area (Å²) >= 11 is 0. The van der Waals surface area contributed by atoms with E-state index in [0.717, 1.165) is 34.8 Å². The van der Waals surface area contributed by atoms with E-state index in [1.54, 1.807) is 6.20 Å². The van der Waals surface area contributed by atoms with Crippen LogP contribution in [0.3, 0.4) is 0 Å². The molecule has 0 unspecified atom stereocenters. The number of ether oxygens (including phenoxy) is 1. The van der Waals surface area contributed by atoms with Crippen molar-refractivity contribution in [2.45, 2.75) is 32.7 Å². The Balaban J connectivity index is 0.00000456. The van der Waals surface area contributed by atoms with Gasteiger partial charge < -0.3 is 9.64 Å². The molecule has 0 fully saturated rings. The zero-order valence-corrected chi connectivity index (χ0v) is 20.6. The number of carbonyl (C=O) groups excluding carboxylic acids is 1. The van der Waals surface area contributed by atoms with Gasteiger partial charge >= 0.3 is 39.9 Å². The van der Waals surface area contributed by atoms with Gasteiger partial charge in [0.15, 0.2) is 0 Å². The second-order valence-electron chi connectivity index (χ2n) is 8.20. The predicted octanol–water partition coefficient (Wildman–Crippen LogP) is 3.09. The molecular formula is C25H31N4NaO5S. The van der Waals surface area contributed by atoms with Gasteiger partial charge in [-0.1, -0.05) is 60.7 Å². The molecule has 9 nitrogen and oxygen atoms in total. The SMILES string of the molecule is CC(C)N(CCCCOCC(=O)NS(=O)(=O)O)c1cnc(-c2ccccc2)c(-c2ccccc2)n1.[NaH]. The molecule has 0 saturated heterocycles. The summed E-state index contributed by atoms with van der Waals surface area (Å²) in [4.78, 5) is 23.3. The second kappa shape index (κ2) is 14.4. The molecule has 0 aliphatic carbocycles. The molecule has 36 heavy (non-hydrogen) atoms. The fourth-order valence-electron chi connectivity index (χ4n) is 3.58. The van der Waals surface area contributed by atoms with Gasteiger partial charge in [0, 0.05) is 30.3 Å². The summed E-state index contributed by atoms with van der Waals surface area (Å²) < 4.78 is 36.5. The molecule has 0 radical (unpaired) electrons. The van der Waals surface area contributed by atoms with E-state index in [1.165, 1.54) is 4.72 Å². The molecule has 11 heteroatoms. The fraction of sp³-hybridized carbons (Fsp3) is 0.320. The topological polar surface area (TPSA) is 122 Å². The van der Waals surface area contributed by atoms with Crippen molar-refractivity contribution in [2.24, 2.45) is 0 Å². The van der Waals surface area contributed by atoms with Crippen LogP contribution < -0.4 is 9.62 Å². The number of carbonyl (C=O) groups is 1. The molecule has 188 valence electrons. The molecule has 2 N–H and O–H groups in total. The number of amides is 1. The van der Waals surface area contributed by atoms with Crippen LogP contribution in [0.4, 0.5) is 5.82 Å². The van der Waals surface area contributed by atoms with Crippen LogP contribution in [0.2, 0.25) is 0 Å². The van der Waals surface area contributed by atoms with Crippen LogP contribution in [0.25, 0.3) is 22.5 Å². The predicted molar refractivity (Wildman–Crippen MR) is 142 cm³/mol. The first-order chi connectivity index (χ1) is 16.7. The summed E-state index contributed by atoms with van der Waals surface area (Å²) in [5.41, 5.74) is 3.62. The molecule has 0 atom stereocenters. The Bertz CT molecular complexity index is 1210. The minimum atomic E-state index is -4.57. The van der Waals surface area contributed by atoms with Gasteiger partial charge in [0.25, 0.3) is 5.91 Å². The minimum absolute atomic E-state index is 0. The Hall–Kier alpha value is -2.34. The summed E-state index contributed by atoms with van der Waals surface area (Å²) in [5, 5.41) is 0. The maximum absolute atomic E-state index is 11.4. The number of hydrogen-bond acceptors (Lipinski definition) is 7. The van der Waals surface area contributed by atoms with Crippen LogP contribution in [0.15, 0.2) is 66.9 Å². The third-order valence-corrected chi connectivity index (χ3v) is 5.67. The van der Waals surface area contributed by atoms with Crippen molar-refractivity contribution in [1.82, 2.24) is 14.7 Å². The zero-order chi connectivity index (χ0) is 25.3. The van der Waals surface area contributed by atoms with Gasteiger partial charge in [-0.2, -0.15) is 8.42 Å². The van der Waals surface area contributed by atoms with E-state index in [0.29, 0.717) is 13.0 Å². The number of benzene rings is 2. The Kier molecular flexibility index (Phi) is 12.0. The summed E-state index contributed by atoms with van der Waals surface area (Å²) in [6.45, 7) is 4.71. The van der Waals surface area contributed by atoms with Crippen LogP contribution in [-0.2, 0) is 19.8 Å². The number of aromatic nitrogens is 2. The average molecular weight is 523 g/mol. The van der Waals surface area contributed by atoms with E-state index >= 15 is 0 Å². The summed E-state index contributed by atoms with van der Waals surface area (Å²) in [6.07, 6.45) is 3.22. The maximum atomic E-state index is 11.4. The molecule has 0 bridgehead atoms. The van der Waals surface area contributed by atoms with Gasteiger partial charge in [-0.25, -0.2) is 9.71 Å². The summed E-state index contributed by atoms with van der Waals surface area (Å²) in [6, 6.07) is 20.1. The van der Waals surface area contributed by atoms with Gasteiger partial charge in [-0.15, -0.1) is 0 Å². The Morgan fingerprint density at radius 3 is 2.14 bits per heavy atom. The van der Waals surface area contributed by atoms with E-state index in [-0.39, 0.29) is 42.2 Å². The van der Waals surface area contributed by atoms with Gasteiger partial charge in [0.05, 0.1) is 17.6 Å². The van der Waals surface area contributed by atoms with Crippen LogP contribution in [0, 0.1) is 0 Å². The van der Waals surface area contributed by atoms with E-state index in [1.807, 2.05) is 60.7 Å². The summed E-state index contributed by atoms with van der Waals surface area (Å²) in [7, 11) is -4.57. The third kappa shape index (κ3) is 9.27. The number of nitrogens with one attached hydrogen (secondary N) is 1. The molecule has 1 heterocycles. The van der Waals surface area contributed by atoms with E-state index in [4.69, 9.17) is 19.3 Å². The van der Waals surface area contributed by atoms with Crippen LogP contribution in [0.1, 0.15) is 26.7 Å². The van der Waals surface area contributed by atoms with E-state index < -0.39 is 22.8 Å². The number of rotatable bonds is 12. The first-order valence-corrected chi connectivity index (χ1v) is 12.8. The van der Waals surface area contributed by atoms with Crippen LogP contribution in [0.5, 0.6) is 0 Å². The number of nitrogens with zero attached hydrogens (tertiary/aromatic N) is 3. The van der Waals surface area contributed by atoms with Crippen molar-refractivity contribution < 1.29 is 22.5 Å². The molecule has 0 spiro atoms. The van der Waals surface area contributed by atoms with Gasteiger partial charge in [-0.05, 0) is 26.7 Å². The number of anilines is 1. The third-order valence-electron chi connectivity index (χ3n) is 5.19. The van der Waals surface area contributed by atoms with Crippen LogP contribution >= 0.6 is 0 Å². The van der Waals surface area contributed by atoms with Crippen molar-refractivity contribution in [3.8, 4) is 22.5 Å². The molecule has 3 aromatic rings. The fourth-order valence-corrected chi connectivity index (χ4v) is 3.93. The Labute approximate surface area is 234 Å². The molecule has 1 amide bonds. The Morgan fingerprint density at radius 1 is 1.00 bits per heavy atom. The van der Waals surface area contributed by atoms with Crippen molar-refractivity contribution in [3.63, 3.8) is 0 Å².